The average molecular weight is 462 g/mol. The van der Waals surface area contributed by atoms with Crippen LogP contribution in [0.4, 0.5) is 11.4 Å². The van der Waals surface area contributed by atoms with Crippen LogP contribution in [0.15, 0.2) is 53.5 Å². The fraction of sp³-hybridized carbons (Fsp3) is 0.318. The number of thioether (sulfide) groups is 1. The first-order valence-corrected chi connectivity index (χ1v) is 11.1. The van der Waals surface area contributed by atoms with Gasteiger partial charge >= 0.3 is 0 Å². The number of rotatable bonds is 9. The molecule has 2 aromatic carbocycles. The summed E-state index contributed by atoms with van der Waals surface area (Å²) in [5.74, 6) is 0.337. The van der Waals surface area contributed by atoms with Crippen molar-refractivity contribution >= 4 is 51.7 Å². The van der Waals surface area contributed by atoms with E-state index in [0.29, 0.717) is 41.3 Å². The highest BCUT2D eigenvalue weighted by atomic mass is 35.5. The largest absolute Gasteiger partial charge is 0.494 e. The number of hydrogen-bond donors (Lipinski definition) is 1. The van der Waals surface area contributed by atoms with Crippen LogP contribution in [-0.2, 0) is 14.3 Å². The predicted molar refractivity (Wildman–Crippen MR) is 124 cm³/mol. The Morgan fingerprint density at radius 3 is 2.71 bits per heavy atom. The highest BCUT2D eigenvalue weighted by Gasteiger charge is 2.39. The Balaban J connectivity index is 1.72. The predicted octanol–water partition coefficient (Wildman–Crippen LogP) is 4.35. The van der Waals surface area contributed by atoms with E-state index >= 15 is 0 Å². The highest BCUT2D eigenvalue weighted by Crippen LogP contribution is 2.32. The van der Waals surface area contributed by atoms with E-state index in [4.69, 9.17) is 21.1 Å². The number of benzene rings is 2. The van der Waals surface area contributed by atoms with Gasteiger partial charge in [-0.05, 0) is 49.4 Å². The van der Waals surface area contributed by atoms with Crippen molar-refractivity contribution in [3.05, 3.63) is 53.6 Å². The summed E-state index contributed by atoms with van der Waals surface area (Å²) in [5, 5.41) is 3.30. The van der Waals surface area contributed by atoms with Crippen molar-refractivity contribution in [2.24, 2.45) is 4.99 Å². The number of halogens is 1. The number of ether oxygens (including phenoxy) is 2. The molecule has 1 fully saturated rings. The molecule has 0 bridgehead atoms. The van der Waals surface area contributed by atoms with Gasteiger partial charge in [0.2, 0.25) is 11.8 Å². The normalized spacial score (nSPS) is 17.3. The topological polar surface area (TPSA) is 80.2 Å². The molecule has 1 N–H and O–H groups in total. The van der Waals surface area contributed by atoms with E-state index in [9.17, 15) is 9.59 Å². The number of methoxy groups -OCH3 is 1. The minimum Gasteiger partial charge on any atom is -0.494 e. The minimum atomic E-state index is -0.558. The van der Waals surface area contributed by atoms with Gasteiger partial charge in [0.05, 0.1) is 25.4 Å². The van der Waals surface area contributed by atoms with Crippen molar-refractivity contribution in [3.63, 3.8) is 0 Å². The summed E-state index contributed by atoms with van der Waals surface area (Å²) in [5.41, 5.74) is 1.29. The van der Waals surface area contributed by atoms with Crippen molar-refractivity contribution in [1.82, 2.24) is 4.90 Å². The van der Waals surface area contributed by atoms with Gasteiger partial charge in [-0.3, -0.25) is 14.5 Å². The van der Waals surface area contributed by atoms with E-state index in [-0.39, 0.29) is 18.2 Å². The lowest BCUT2D eigenvalue weighted by Crippen LogP contribution is -2.35. The molecule has 0 radical (unpaired) electrons. The Kier molecular flexibility index (Phi) is 8.34. The monoisotopic (exact) mass is 461 g/mol. The molecule has 1 aliphatic rings. The number of nitrogens with zero attached hydrogens (tertiary/aromatic N) is 2. The van der Waals surface area contributed by atoms with Crippen molar-refractivity contribution in [3.8, 4) is 5.75 Å². The van der Waals surface area contributed by atoms with Gasteiger partial charge in [0.15, 0.2) is 5.17 Å². The third-order valence-corrected chi connectivity index (χ3v) is 5.80. The van der Waals surface area contributed by atoms with Crippen LogP contribution in [0, 0.1) is 0 Å². The van der Waals surface area contributed by atoms with Gasteiger partial charge < -0.3 is 14.8 Å². The summed E-state index contributed by atoms with van der Waals surface area (Å²) in [6, 6.07) is 14.2. The zero-order chi connectivity index (χ0) is 22.2. The molecular formula is C22H24ClN3O4S. The lowest BCUT2D eigenvalue weighted by atomic mass is 10.2. The van der Waals surface area contributed by atoms with Gasteiger partial charge in [-0.15, -0.1) is 0 Å². The van der Waals surface area contributed by atoms with E-state index in [1.165, 1.54) is 11.8 Å². The maximum Gasteiger partial charge on any atom is 0.242 e. The number of hydrogen-bond acceptors (Lipinski definition) is 6. The van der Waals surface area contributed by atoms with Crippen LogP contribution >= 0.6 is 23.4 Å². The van der Waals surface area contributed by atoms with E-state index in [2.05, 4.69) is 10.3 Å². The first-order chi connectivity index (χ1) is 15.0. The summed E-state index contributed by atoms with van der Waals surface area (Å²) in [7, 11) is 1.58. The van der Waals surface area contributed by atoms with E-state index < -0.39 is 5.25 Å². The molecular weight excluding hydrogens is 438 g/mol. The van der Waals surface area contributed by atoms with E-state index in [0.717, 1.165) is 5.75 Å². The number of carbonyl (C=O) groups excluding carboxylic acids is 2. The molecule has 3 rings (SSSR count). The molecule has 1 saturated heterocycles. The van der Waals surface area contributed by atoms with Crippen molar-refractivity contribution in [2.45, 2.75) is 18.6 Å². The quantitative estimate of drug-likeness (QED) is 0.600. The van der Waals surface area contributed by atoms with Gasteiger partial charge in [-0.1, -0.05) is 29.4 Å². The van der Waals surface area contributed by atoms with Gasteiger partial charge in [0.25, 0.3) is 0 Å². The molecule has 1 heterocycles. The molecule has 0 saturated carbocycles. The number of anilines is 1. The SMILES string of the molecule is CCOc1ccc(N=C2SC(CC(=O)Nc3cccc(Cl)c3)C(=O)N2CCOC)cc1. The zero-order valence-corrected chi connectivity index (χ0v) is 18.9. The summed E-state index contributed by atoms with van der Waals surface area (Å²) >= 11 is 7.24. The fourth-order valence-corrected chi connectivity index (χ4v) is 4.33. The van der Waals surface area contributed by atoms with Crippen LogP contribution in [0.25, 0.3) is 0 Å². The molecule has 2 amide bonds. The van der Waals surface area contributed by atoms with Crippen LogP contribution in [0.5, 0.6) is 5.75 Å². The van der Waals surface area contributed by atoms with E-state index in [1.54, 1.807) is 36.3 Å². The number of nitrogens with one attached hydrogen (secondary N) is 1. The summed E-state index contributed by atoms with van der Waals surface area (Å²) in [6.45, 7) is 3.24. The molecule has 1 atom stereocenters. The number of amides is 2. The van der Waals surface area contributed by atoms with Crippen LogP contribution < -0.4 is 10.1 Å². The van der Waals surface area contributed by atoms with Crippen LogP contribution in [0.3, 0.4) is 0 Å². The Morgan fingerprint density at radius 2 is 2.03 bits per heavy atom. The zero-order valence-electron chi connectivity index (χ0n) is 17.3. The Labute approximate surface area is 190 Å². The van der Waals surface area contributed by atoms with E-state index in [1.807, 2.05) is 31.2 Å². The maximum absolute atomic E-state index is 12.9. The van der Waals surface area contributed by atoms with Gasteiger partial charge in [0, 0.05) is 24.2 Å². The van der Waals surface area contributed by atoms with Crippen molar-refractivity contribution < 1.29 is 19.1 Å². The fourth-order valence-electron chi connectivity index (χ4n) is 2.95. The molecule has 1 unspecified atom stereocenters. The van der Waals surface area contributed by atoms with Crippen LogP contribution in [0.1, 0.15) is 13.3 Å². The Morgan fingerprint density at radius 1 is 1.26 bits per heavy atom. The third kappa shape index (κ3) is 6.46. The summed E-state index contributed by atoms with van der Waals surface area (Å²) in [6.07, 6.45) is 0.0296. The van der Waals surface area contributed by atoms with Gasteiger partial charge in [0.1, 0.15) is 11.0 Å². The molecule has 0 aromatic heterocycles. The lowest BCUT2D eigenvalue weighted by Gasteiger charge is -2.15. The maximum atomic E-state index is 12.9. The second-order valence-electron chi connectivity index (χ2n) is 6.67. The van der Waals surface area contributed by atoms with Crippen LogP contribution in [0.2, 0.25) is 5.02 Å². The van der Waals surface area contributed by atoms with Crippen molar-refractivity contribution in [2.75, 3.05) is 32.2 Å². The number of amidine groups is 1. The smallest absolute Gasteiger partial charge is 0.242 e. The molecule has 7 nitrogen and oxygen atoms in total. The second-order valence-corrected chi connectivity index (χ2v) is 8.28. The number of carbonyl (C=O) groups is 2. The molecule has 31 heavy (non-hydrogen) atoms. The third-order valence-electron chi connectivity index (χ3n) is 4.39. The van der Waals surface area contributed by atoms with Gasteiger partial charge in [-0.2, -0.15) is 0 Å². The first-order valence-electron chi connectivity index (χ1n) is 9.84. The molecule has 0 aliphatic carbocycles. The Hall–Kier alpha value is -2.55. The lowest BCUT2D eigenvalue weighted by molar-refractivity contribution is -0.128. The number of aliphatic imine (C=N–C) groups is 1. The second kappa shape index (κ2) is 11.2. The summed E-state index contributed by atoms with van der Waals surface area (Å²) in [4.78, 5) is 31.6. The Bertz CT molecular complexity index is 952. The summed E-state index contributed by atoms with van der Waals surface area (Å²) < 4.78 is 10.6. The molecule has 1 aliphatic heterocycles. The minimum absolute atomic E-state index is 0.0296. The van der Waals surface area contributed by atoms with Crippen LogP contribution in [-0.4, -0.2) is 54.0 Å². The first kappa shape index (κ1) is 23.1. The van der Waals surface area contributed by atoms with Gasteiger partial charge in [-0.25, -0.2) is 4.99 Å². The van der Waals surface area contributed by atoms with Crippen molar-refractivity contribution in [1.29, 1.82) is 0 Å². The molecule has 2 aromatic rings. The average Bonchev–Trinajstić information content (AvgIpc) is 3.02. The highest BCUT2D eigenvalue weighted by molar-refractivity contribution is 8.15. The standard InChI is InChI=1S/C22H24ClN3O4S/c1-3-30-18-9-7-16(8-10-18)25-22-26(11-12-29-2)21(28)19(31-22)14-20(27)24-17-6-4-5-15(23)13-17/h4-10,13,19H,3,11-12,14H2,1-2H3,(H,24,27). The molecule has 164 valence electrons. The molecule has 0 spiro atoms. The molecule has 9 heteroatoms.